The molecule has 3 rings (SSSR count). The predicted molar refractivity (Wildman–Crippen MR) is 98.7 cm³/mol. The lowest BCUT2D eigenvalue weighted by molar-refractivity contribution is 0.144. The minimum atomic E-state index is 0.166. The first-order valence-corrected chi connectivity index (χ1v) is 8.51. The first kappa shape index (κ1) is 17.3. The third kappa shape index (κ3) is 3.61. The number of ether oxygens (including phenoxy) is 2. The fourth-order valence-electron chi connectivity index (χ4n) is 3.06. The lowest BCUT2D eigenvalue weighted by atomic mass is 10.0. The van der Waals surface area contributed by atoms with Crippen LogP contribution in [0, 0.1) is 0 Å². The second-order valence-corrected chi connectivity index (χ2v) is 6.32. The summed E-state index contributed by atoms with van der Waals surface area (Å²) in [6.45, 7) is 9.64. The smallest absolute Gasteiger partial charge is 0.130 e. The quantitative estimate of drug-likeness (QED) is 0.861. The molecule has 0 atom stereocenters. The van der Waals surface area contributed by atoms with E-state index in [1.165, 1.54) is 5.57 Å². The largest absolute Gasteiger partial charge is 0.507 e. The minimum absolute atomic E-state index is 0.166. The molecule has 5 heteroatoms. The third-order valence-electron chi connectivity index (χ3n) is 4.32. The van der Waals surface area contributed by atoms with Gasteiger partial charge in [-0.25, -0.2) is 0 Å². The highest BCUT2D eigenvalue weighted by molar-refractivity contribution is 5.68. The molecule has 0 fully saturated rings. The summed E-state index contributed by atoms with van der Waals surface area (Å²) in [5.41, 5.74) is 4.06. The van der Waals surface area contributed by atoms with Crippen molar-refractivity contribution in [1.29, 1.82) is 0 Å². The summed E-state index contributed by atoms with van der Waals surface area (Å²) in [5, 5.41) is 14.4. The number of phenolic OH excluding ortho intramolecular Hbond substituents is 1. The van der Waals surface area contributed by atoms with Crippen LogP contribution in [-0.4, -0.2) is 34.7 Å². The van der Waals surface area contributed by atoms with E-state index in [9.17, 15) is 5.11 Å². The third-order valence-corrected chi connectivity index (χ3v) is 4.32. The van der Waals surface area contributed by atoms with Gasteiger partial charge >= 0.3 is 0 Å². The topological polar surface area (TPSA) is 56.5 Å². The summed E-state index contributed by atoms with van der Waals surface area (Å²) in [7, 11) is 0. The van der Waals surface area contributed by atoms with Crippen molar-refractivity contribution in [3.05, 3.63) is 53.9 Å². The fourth-order valence-corrected chi connectivity index (χ4v) is 3.06. The highest BCUT2D eigenvalue weighted by Crippen LogP contribution is 2.31. The van der Waals surface area contributed by atoms with Gasteiger partial charge in [0.15, 0.2) is 0 Å². The van der Waals surface area contributed by atoms with Crippen molar-refractivity contribution in [2.75, 3.05) is 19.8 Å². The molecular weight excluding hydrogens is 316 g/mol. The molecule has 0 aliphatic carbocycles. The van der Waals surface area contributed by atoms with Crippen molar-refractivity contribution in [2.24, 2.45) is 0 Å². The zero-order valence-electron chi connectivity index (χ0n) is 14.7. The monoisotopic (exact) mass is 340 g/mol. The molecule has 132 valence electrons. The maximum Gasteiger partial charge on any atom is 0.130 e. The molecule has 0 saturated carbocycles. The summed E-state index contributed by atoms with van der Waals surface area (Å²) in [4.78, 5) is 0. The van der Waals surface area contributed by atoms with Gasteiger partial charge in [-0.05, 0) is 49.6 Å². The number of hydrogen-bond donors (Lipinski definition) is 1. The molecule has 1 aliphatic heterocycles. The Bertz CT molecular complexity index is 790. The van der Waals surface area contributed by atoms with Crippen LogP contribution in [0.5, 0.6) is 11.5 Å². The normalized spacial score (nSPS) is 14.8. The molecule has 0 amide bonds. The van der Waals surface area contributed by atoms with Gasteiger partial charge in [-0.2, -0.15) is 5.10 Å². The van der Waals surface area contributed by atoms with Crippen LogP contribution in [0.1, 0.15) is 37.6 Å². The Balaban J connectivity index is 1.89. The maximum absolute atomic E-state index is 9.93. The van der Waals surface area contributed by atoms with Gasteiger partial charge in [-0.15, -0.1) is 0 Å². The molecule has 0 bridgehead atoms. The number of benzene rings is 1. The van der Waals surface area contributed by atoms with E-state index in [4.69, 9.17) is 9.47 Å². The number of phenols is 1. The van der Waals surface area contributed by atoms with Gasteiger partial charge in [-0.3, -0.25) is 4.68 Å². The minimum Gasteiger partial charge on any atom is -0.507 e. The Morgan fingerprint density at radius 3 is 3.00 bits per heavy atom. The molecule has 0 unspecified atom stereocenters. The molecular formula is C20H24N2O3. The van der Waals surface area contributed by atoms with Crippen molar-refractivity contribution >= 4 is 11.6 Å². The molecule has 0 saturated heterocycles. The Hall–Kier alpha value is -2.53. The standard InChI is InChI=1S/C20H24N2O3/c1-4-16-19(23)6-5-7-20(16)25-13-15-12-24-11-9-17(15)18-8-10-21-22(18)14(2)3/h4-8,10,14,23H,1,9,11-13H2,2-3H3. The van der Waals surface area contributed by atoms with E-state index in [1.807, 2.05) is 23.0 Å². The average Bonchev–Trinajstić information content (AvgIpc) is 3.10. The highest BCUT2D eigenvalue weighted by Gasteiger charge is 2.20. The van der Waals surface area contributed by atoms with Gasteiger partial charge < -0.3 is 14.6 Å². The summed E-state index contributed by atoms with van der Waals surface area (Å²) < 4.78 is 13.7. The van der Waals surface area contributed by atoms with Gasteiger partial charge in [-0.1, -0.05) is 18.7 Å². The van der Waals surface area contributed by atoms with Crippen molar-refractivity contribution in [1.82, 2.24) is 9.78 Å². The van der Waals surface area contributed by atoms with Crippen LogP contribution >= 0.6 is 0 Å². The van der Waals surface area contributed by atoms with E-state index in [2.05, 4.69) is 25.5 Å². The van der Waals surface area contributed by atoms with Crippen molar-refractivity contribution in [3.63, 3.8) is 0 Å². The van der Waals surface area contributed by atoms with E-state index < -0.39 is 0 Å². The van der Waals surface area contributed by atoms with E-state index in [-0.39, 0.29) is 5.75 Å². The van der Waals surface area contributed by atoms with Crippen LogP contribution in [0.15, 0.2) is 42.6 Å². The lowest BCUT2D eigenvalue weighted by Crippen LogP contribution is -2.18. The summed E-state index contributed by atoms with van der Waals surface area (Å²) in [5.74, 6) is 0.782. The van der Waals surface area contributed by atoms with Gasteiger partial charge in [0.2, 0.25) is 0 Å². The fraction of sp³-hybridized carbons (Fsp3) is 0.350. The number of nitrogens with zero attached hydrogens (tertiary/aromatic N) is 2. The van der Waals surface area contributed by atoms with Gasteiger partial charge in [0.1, 0.15) is 18.1 Å². The van der Waals surface area contributed by atoms with Crippen molar-refractivity contribution < 1.29 is 14.6 Å². The van der Waals surface area contributed by atoms with E-state index in [0.717, 1.165) is 17.7 Å². The first-order chi connectivity index (χ1) is 12.1. The molecule has 5 nitrogen and oxygen atoms in total. The Kier molecular flexibility index (Phi) is 5.24. The zero-order chi connectivity index (χ0) is 17.8. The Morgan fingerprint density at radius 1 is 1.40 bits per heavy atom. The SMILES string of the molecule is C=Cc1c(O)cccc1OCC1=C(c2ccnn2C(C)C)CCOC1. The zero-order valence-corrected chi connectivity index (χ0v) is 14.7. The van der Waals surface area contributed by atoms with Crippen molar-refractivity contribution in [3.8, 4) is 11.5 Å². The first-order valence-electron chi connectivity index (χ1n) is 8.51. The predicted octanol–water partition coefficient (Wildman–Crippen LogP) is 4.07. The summed E-state index contributed by atoms with van der Waals surface area (Å²) in [6, 6.07) is 7.56. The molecule has 0 radical (unpaired) electrons. The van der Waals surface area contributed by atoms with Gasteiger partial charge in [0.25, 0.3) is 0 Å². The molecule has 1 aromatic carbocycles. The van der Waals surface area contributed by atoms with Crippen LogP contribution in [-0.2, 0) is 4.74 Å². The van der Waals surface area contributed by atoms with Crippen LogP contribution < -0.4 is 4.74 Å². The average molecular weight is 340 g/mol. The number of rotatable bonds is 6. The van der Waals surface area contributed by atoms with Gasteiger partial charge in [0.05, 0.1) is 24.5 Å². The molecule has 2 aromatic rings. The molecule has 0 spiro atoms. The molecule has 25 heavy (non-hydrogen) atoms. The Morgan fingerprint density at radius 2 is 2.24 bits per heavy atom. The molecule has 1 N–H and O–H groups in total. The second kappa shape index (κ2) is 7.57. The number of aromatic hydroxyl groups is 1. The highest BCUT2D eigenvalue weighted by atomic mass is 16.5. The van der Waals surface area contributed by atoms with E-state index in [0.29, 0.717) is 37.2 Å². The second-order valence-electron chi connectivity index (χ2n) is 6.32. The molecule has 1 aromatic heterocycles. The molecule has 1 aliphatic rings. The molecule has 2 heterocycles. The van der Waals surface area contributed by atoms with Crippen LogP contribution in [0.3, 0.4) is 0 Å². The Labute approximate surface area is 148 Å². The van der Waals surface area contributed by atoms with Crippen LogP contribution in [0.25, 0.3) is 11.6 Å². The van der Waals surface area contributed by atoms with E-state index in [1.54, 1.807) is 18.2 Å². The summed E-state index contributed by atoms with van der Waals surface area (Å²) >= 11 is 0. The number of hydrogen-bond acceptors (Lipinski definition) is 4. The number of aromatic nitrogens is 2. The lowest BCUT2D eigenvalue weighted by Gasteiger charge is -2.23. The van der Waals surface area contributed by atoms with Crippen molar-refractivity contribution in [2.45, 2.75) is 26.3 Å². The van der Waals surface area contributed by atoms with Gasteiger partial charge in [0, 0.05) is 12.2 Å². The van der Waals surface area contributed by atoms with Crippen LogP contribution in [0.2, 0.25) is 0 Å². The van der Waals surface area contributed by atoms with E-state index >= 15 is 0 Å². The maximum atomic E-state index is 9.93. The van der Waals surface area contributed by atoms with Crippen LogP contribution in [0.4, 0.5) is 0 Å². The summed E-state index contributed by atoms with van der Waals surface area (Å²) in [6.07, 6.45) is 4.28.